The molecule has 0 bridgehead atoms. The topological polar surface area (TPSA) is 92.5 Å². The van der Waals surface area contributed by atoms with E-state index in [2.05, 4.69) is 5.32 Å². The first-order valence-corrected chi connectivity index (χ1v) is 6.49. The summed E-state index contributed by atoms with van der Waals surface area (Å²) in [7, 11) is 0. The van der Waals surface area contributed by atoms with Gasteiger partial charge in [0.25, 0.3) is 11.6 Å². The van der Waals surface area contributed by atoms with Gasteiger partial charge in [0.1, 0.15) is 11.4 Å². The van der Waals surface area contributed by atoms with E-state index in [1.807, 2.05) is 20.8 Å². The highest BCUT2D eigenvalue weighted by Gasteiger charge is 2.25. The predicted molar refractivity (Wildman–Crippen MR) is 75.5 cm³/mol. The Bertz CT molecular complexity index is 540. The lowest BCUT2D eigenvalue weighted by molar-refractivity contribution is -0.385. The number of hydrogen-bond acceptors (Lipinski definition) is 4. The molecular formula is C14H19FN2O4. The van der Waals surface area contributed by atoms with Crippen LogP contribution in [0, 0.1) is 21.3 Å². The summed E-state index contributed by atoms with van der Waals surface area (Å²) in [6.07, 6.45) is 0.504. The number of amides is 1. The molecule has 0 radical (unpaired) electrons. The van der Waals surface area contributed by atoms with Gasteiger partial charge in [-0.05, 0) is 24.0 Å². The van der Waals surface area contributed by atoms with Crippen molar-refractivity contribution < 1.29 is 19.2 Å². The molecule has 0 saturated carbocycles. The Morgan fingerprint density at radius 3 is 2.57 bits per heavy atom. The highest BCUT2D eigenvalue weighted by atomic mass is 19.1. The number of rotatable bonds is 5. The molecule has 6 nitrogen and oxygen atoms in total. The molecular weight excluding hydrogens is 279 g/mol. The Hall–Kier alpha value is -2.02. The molecule has 2 N–H and O–H groups in total. The fraction of sp³-hybridized carbons (Fsp3) is 0.500. The van der Waals surface area contributed by atoms with Crippen LogP contribution in [0.15, 0.2) is 18.2 Å². The van der Waals surface area contributed by atoms with E-state index in [1.165, 1.54) is 0 Å². The van der Waals surface area contributed by atoms with Crippen LogP contribution in [0.1, 0.15) is 37.6 Å². The molecule has 0 unspecified atom stereocenters. The molecule has 0 aliphatic carbocycles. The van der Waals surface area contributed by atoms with Crippen LogP contribution >= 0.6 is 0 Å². The van der Waals surface area contributed by atoms with Crippen molar-refractivity contribution in [2.45, 2.75) is 33.2 Å². The van der Waals surface area contributed by atoms with Crippen LogP contribution in [0.4, 0.5) is 10.1 Å². The van der Waals surface area contributed by atoms with E-state index in [0.717, 1.165) is 12.1 Å². The van der Waals surface area contributed by atoms with Crippen LogP contribution in [-0.2, 0) is 0 Å². The summed E-state index contributed by atoms with van der Waals surface area (Å²) in [4.78, 5) is 22.1. The molecule has 0 spiro atoms. The number of carbonyl (C=O) groups excluding carboxylic acids is 1. The lowest BCUT2D eigenvalue weighted by atomic mass is 9.88. The first kappa shape index (κ1) is 17.0. The zero-order valence-corrected chi connectivity index (χ0v) is 12.2. The van der Waals surface area contributed by atoms with Crippen LogP contribution in [0.5, 0.6) is 0 Å². The van der Waals surface area contributed by atoms with Gasteiger partial charge in [-0.25, -0.2) is 4.39 Å². The molecule has 0 aliphatic heterocycles. The number of halogens is 1. The molecule has 0 aromatic heterocycles. The number of nitrogens with zero attached hydrogens (tertiary/aromatic N) is 1. The molecule has 1 aromatic rings. The predicted octanol–water partition coefficient (Wildman–Crippen LogP) is 2.26. The van der Waals surface area contributed by atoms with Crippen molar-refractivity contribution in [2.24, 2.45) is 5.41 Å². The first-order valence-electron chi connectivity index (χ1n) is 6.49. The standard InChI is InChI=1S/C14H19FN2O4/c1-14(2,3)7-10(8-18)16-13(19)11-5-4-9(15)6-12(11)17(20)21/h4-6,10,18H,7-8H2,1-3H3,(H,16,19)/t10-/m0/s1. The maximum Gasteiger partial charge on any atom is 0.285 e. The SMILES string of the molecule is CC(C)(C)C[C@@H](CO)NC(=O)c1ccc(F)cc1[N+](=O)[O-]. The van der Waals surface area contributed by atoms with Gasteiger partial charge in [-0.1, -0.05) is 20.8 Å². The van der Waals surface area contributed by atoms with Crippen molar-refractivity contribution in [2.75, 3.05) is 6.61 Å². The number of hydrogen-bond donors (Lipinski definition) is 2. The van der Waals surface area contributed by atoms with Crippen molar-refractivity contribution in [1.82, 2.24) is 5.32 Å². The van der Waals surface area contributed by atoms with E-state index in [0.29, 0.717) is 12.5 Å². The molecule has 1 amide bonds. The van der Waals surface area contributed by atoms with Crippen LogP contribution < -0.4 is 5.32 Å². The Balaban J connectivity index is 2.96. The van der Waals surface area contributed by atoms with Crippen LogP contribution in [-0.4, -0.2) is 28.6 Å². The van der Waals surface area contributed by atoms with Gasteiger partial charge in [-0.15, -0.1) is 0 Å². The summed E-state index contributed by atoms with van der Waals surface area (Å²) in [5, 5.41) is 22.7. The highest BCUT2D eigenvalue weighted by Crippen LogP contribution is 2.22. The molecule has 1 rings (SSSR count). The van der Waals surface area contributed by atoms with Gasteiger partial charge in [0, 0.05) is 0 Å². The normalized spacial score (nSPS) is 12.8. The quantitative estimate of drug-likeness (QED) is 0.644. The Morgan fingerprint density at radius 2 is 2.10 bits per heavy atom. The fourth-order valence-corrected chi connectivity index (χ4v) is 2.01. The second-order valence-corrected chi connectivity index (χ2v) is 6.04. The molecule has 0 aliphatic rings. The molecule has 21 heavy (non-hydrogen) atoms. The highest BCUT2D eigenvalue weighted by molar-refractivity contribution is 5.98. The average Bonchev–Trinajstić information content (AvgIpc) is 2.35. The lowest BCUT2D eigenvalue weighted by Gasteiger charge is -2.25. The maximum absolute atomic E-state index is 13.0. The van der Waals surface area contributed by atoms with Crippen molar-refractivity contribution in [3.8, 4) is 0 Å². The smallest absolute Gasteiger partial charge is 0.285 e. The summed E-state index contributed by atoms with van der Waals surface area (Å²) < 4.78 is 13.0. The van der Waals surface area contributed by atoms with Crippen LogP contribution in [0.25, 0.3) is 0 Å². The maximum atomic E-state index is 13.0. The van der Waals surface area contributed by atoms with Crippen molar-refractivity contribution in [1.29, 1.82) is 0 Å². The number of nitrogens with one attached hydrogen (secondary N) is 1. The Morgan fingerprint density at radius 1 is 1.48 bits per heavy atom. The van der Waals surface area contributed by atoms with Gasteiger partial charge < -0.3 is 10.4 Å². The fourth-order valence-electron chi connectivity index (χ4n) is 2.01. The number of aliphatic hydroxyl groups excluding tert-OH is 1. The van der Waals surface area contributed by atoms with Gasteiger partial charge in [0.2, 0.25) is 0 Å². The monoisotopic (exact) mass is 298 g/mol. The number of aliphatic hydroxyl groups is 1. The molecule has 7 heteroatoms. The van der Waals surface area contributed by atoms with E-state index in [-0.39, 0.29) is 17.6 Å². The van der Waals surface area contributed by atoms with E-state index in [9.17, 15) is 24.4 Å². The summed E-state index contributed by atoms with van der Waals surface area (Å²) in [6.45, 7) is 5.56. The summed E-state index contributed by atoms with van der Waals surface area (Å²) in [5.74, 6) is -1.49. The third kappa shape index (κ3) is 5.11. The number of nitro groups is 1. The van der Waals surface area contributed by atoms with Gasteiger partial charge in [-0.3, -0.25) is 14.9 Å². The molecule has 116 valence electrons. The molecule has 0 fully saturated rings. The van der Waals surface area contributed by atoms with Gasteiger partial charge in [0.05, 0.1) is 23.6 Å². The van der Waals surface area contributed by atoms with Crippen molar-refractivity contribution in [3.05, 3.63) is 39.7 Å². The zero-order valence-electron chi connectivity index (χ0n) is 12.2. The molecule has 1 atom stereocenters. The molecule has 1 aromatic carbocycles. The Kier molecular flexibility index (Phi) is 5.37. The molecule has 0 saturated heterocycles. The van der Waals surface area contributed by atoms with E-state index >= 15 is 0 Å². The van der Waals surface area contributed by atoms with Gasteiger partial charge in [0.15, 0.2) is 0 Å². The number of nitro benzene ring substituents is 1. The van der Waals surface area contributed by atoms with Gasteiger partial charge in [-0.2, -0.15) is 0 Å². The van der Waals surface area contributed by atoms with E-state index < -0.39 is 28.4 Å². The van der Waals surface area contributed by atoms with Gasteiger partial charge >= 0.3 is 0 Å². The van der Waals surface area contributed by atoms with E-state index in [4.69, 9.17) is 0 Å². The second kappa shape index (κ2) is 6.62. The third-order valence-corrected chi connectivity index (χ3v) is 2.82. The van der Waals surface area contributed by atoms with Crippen molar-refractivity contribution in [3.63, 3.8) is 0 Å². The second-order valence-electron chi connectivity index (χ2n) is 6.04. The third-order valence-electron chi connectivity index (χ3n) is 2.82. The minimum absolute atomic E-state index is 0.130. The van der Waals surface area contributed by atoms with Crippen molar-refractivity contribution >= 4 is 11.6 Å². The van der Waals surface area contributed by atoms with Crippen LogP contribution in [0.2, 0.25) is 0 Å². The summed E-state index contributed by atoms with van der Waals surface area (Å²) in [6, 6.07) is 2.22. The lowest BCUT2D eigenvalue weighted by Crippen LogP contribution is -2.40. The minimum Gasteiger partial charge on any atom is -0.394 e. The zero-order chi connectivity index (χ0) is 16.2. The Labute approximate surface area is 122 Å². The number of benzene rings is 1. The molecule has 0 heterocycles. The average molecular weight is 298 g/mol. The van der Waals surface area contributed by atoms with E-state index in [1.54, 1.807) is 0 Å². The van der Waals surface area contributed by atoms with Crippen LogP contribution in [0.3, 0.4) is 0 Å². The summed E-state index contributed by atoms with van der Waals surface area (Å²) in [5.41, 5.74) is -0.955. The largest absolute Gasteiger partial charge is 0.394 e. The number of carbonyl (C=O) groups is 1. The first-order chi connectivity index (χ1) is 9.64. The summed E-state index contributed by atoms with van der Waals surface area (Å²) >= 11 is 0. The minimum atomic E-state index is -0.810.